The molecule has 0 aliphatic heterocycles. The lowest BCUT2D eigenvalue weighted by Gasteiger charge is -2.29. The van der Waals surface area contributed by atoms with Crippen LogP contribution in [-0.2, 0) is 14.8 Å². The van der Waals surface area contributed by atoms with Gasteiger partial charge >= 0.3 is 0 Å². The molecule has 0 atom stereocenters. The fourth-order valence-electron chi connectivity index (χ4n) is 3.40. The minimum absolute atomic E-state index is 0.0181. The highest BCUT2D eigenvalue weighted by Gasteiger charge is 2.32. The first kappa shape index (κ1) is 19.4. The van der Waals surface area contributed by atoms with Crippen LogP contribution in [0.3, 0.4) is 0 Å². The SMILES string of the molecule is CN(C(=O)CN(c1ccccc1F)S(=O)(=O)c1ccccc1)C1CCCC1. The Bertz CT molecular complexity index is 896. The van der Waals surface area contributed by atoms with Gasteiger partial charge in [0.15, 0.2) is 0 Å². The number of sulfonamides is 1. The number of carbonyl (C=O) groups excluding carboxylic acids is 1. The molecule has 0 bridgehead atoms. The van der Waals surface area contributed by atoms with Gasteiger partial charge in [0.25, 0.3) is 10.0 Å². The van der Waals surface area contributed by atoms with Crippen molar-refractivity contribution in [1.29, 1.82) is 0 Å². The van der Waals surface area contributed by atoms with Crippen LogP contribution >= 0.6 is 0 Å². The van der Waals surface area contributed by atoms with Crippen molar-refractivity contribution in [3.05, 3.63) is 60.4 Å². The first-order chi connectivity index (χ1) is 12.9. The number of halogens is 1. The molecule has 27 heavy (non-hydrogen) atoms. The number of hydrogen-bond donors (Lipinski definition) is 0. The summed E-state index contributed by atoms with van der Waals surface area (Å²) in [6.07, 6.45) is 3.93. The molecule has 2 aromatic rings. The summed E-state index contributed by atoms with van der Waals surface area (Å²) in [5, 5.41) is 0. The van der Waals surface area contributed by atoms with Gasteiger partial charge in [0, 0.05) is 13.1 Å². The van der Waals surface area contributed by atoms with E-state index in [1.807, 2.05) is 0 Å². The molecule has 0 radical (unpaired) electrons. The molecule has 1 aliphatic rings. The summed E-state index contributed by atoms with van der Waals surface area (Å²) in [6, 6.07) is 13.5. The number of hydrogen-bond acceptors (Lipinski definition) is 3. The van der Waals surface area contributed by atoms with Crippen molar-refractivity contribution in [2.24, 2.45) is 0 Å². The van der Waals surface area contributed by atoms with Crippen molar-refractivity contribution in [1.82, 2.24) is 4.90 Å². The molecule has 0 aromatic heterocycles. The van der Waals surface area contributed by atoms with Gasteiger partial charge in [-0.15, -0.1) is 0 Å². The van der Waals surface area contributed by atoms with E-state index >= 15 is 0 Å². The third-order valence-electron chi connectivity index (χ3n) is 5.00. The number of anilines is 1. The number of amides is 1. The van der Waals surface area contributed by atoms with Gasteiger partial charge in [-0.05, 0) is 37.1 Å². The topological polar surface area (TPSA) is 57.7 Å². The van der Waals surface area contributed by atoms with E-state index in [9.17, 15) is 17.6 Å². The number of benzene rings is 2. The first-order valence-corrected chi connectivity index (χ1v) is 10.4. The molecular weight excluding hydrogens is 367 g/mol. The lowest BCUT2D eigenvalue weighted by atomic mass is 10.2. The van der Waals surface area contributed by atoms with E-state index in [4.69, 9.17) is 0 Å². The van der Waals surface area contributed by atoms with Crippen LogP contribution in [0.1, 0.15) is 25.7 Å². The maximum atomic E-state index is 14.4. The molecule has 0 saturated heterocycles. The molecule has 0 unspecified atom stereocenters. The van der Waals surface area contributed by atoms with Gasteiger partial charge in [0.2, 0.25) is 5.91 Å². The lowest BCUT2D eigenvalue weighted by Crippen LogP contribution is -2.45. The van der Waals surface area contributed by atoms with Crippen LogP contribution in [0.15, 0.2) is 59.5 Å². The average molecular weight is 390 g/mol. The second-order valence-electron chi connectivity index (χ2n) is 6.72. The molecular formula is C20H23FN2O3S. The zero-order valence-electron chi connectivity index (χ0n) is 15.2. The predicted molar refractivity (Wildman–Crippen MR) is 102 cm³/mol. The second kappa shape index (κ2) is 8.08. The Morgan fingerprint density at radius 3 is 2.26 bits per heavy atom. The second-order valence-corrected chi connectivity index (χ2v) is 8.58. The van der Waals surface area contributed by atoms with Crippen LogP contribution < -0.4 is 4.31 Å². The van der Waals surface area contributed by atoms with Crippen molar-refractivity contribution in [3.63, 3.8) is 0 Å². The summed E-state index contributed by atoms with van der Waals surface area (Å²) >= 11 is 0. The molecule has 0 spiro atoms. The molecule has 3 rings (SSSR count). The molecule has 1 saturated carbocycles. The van der Waals surface area contributed by atoms with Crippen molar-refractivity contribution in [3.8, 4) is 0 Å². The van der Waals surface area contributed by atoms with Crippen molar-refractivity contribution in [2.45, 2.75) is 36.6 Å². The van der Waals surface area contributed by atoms with Crippen molar-refractivity contribution in [2.75, 3.05) is 17.9 Å². The van der Waals surface area contributed by atoms with Crippen LogP contribution in [0.25, 0.3) is 0 Å². The first-order valence-electron chi connectivity index (χ1n) is 8.99. The maximum absolute atomic E-state index is 14.4. The van der Waals surface area contributed by atoms with E-state index < -0.39 is 22.4 Å². The highest BCUT2D eigenvalue weighted by Crippen LogP contribution is 2.27. The molecule has 5 nitrogen and oxygen atoms in total. The molecule has 0 N–H and O–H groups in total. The molecule has 1 amide bonds. The quantitative estimate of drug-likeness (QED) is 0.759. The van der Waals surface area contributed by atoms with Gasteiger partial charge in [-0.3, -0.25) is 9.10 Å². The van der Waals surface area contributed by atoms with Gasteiger partial charge in [0.05, 0.1) is 10.6 Å². The third kappa shape index (κ3) is 4.13. The number of rotatable bonds is 6. The van der Waals surface area contributed by atoms with Gasteiger partial charge in [-0.2, -0.15) is 0 Å². The standard InChI is InChI=1S/C20H23FN2O3S/c1-22(16-9-5-6-10-16)20(24)15-23(19-14-8-7-13-18(19)21)27(25,26)17-11-3-2-4-12-17/h2-4,7-8,11-14,16H,5-6,9-10,15H2,1H3. The maximum Gasteiger partial charge on any atom is 0.264 e. The Morgan fingerprint density at radius 1 is 1.04 bits per heavy atom. The van der Waals surface area contributed by atoms with E-state index in [2.05, 4.69) is 0 Å². The van der Waals surface area contributed by atoms with E-state index in [-0.39, 0.29) is 22.5 Å². The van der Waals surface area contributed by atoms with Crippen LogP contribution in [0, 0.1) is 5.82 Å². The highest BCUT2D eigenvalue weighted by atomic mass is 32.2. The molecule has 7 heteroatoms. The van der Waals surface area contributed by atoms with E-state index in [1.54, 1.807) is 36.2 Å². The summed E-state index contributed by atoms with van der Waals surface area (Å²) in [6.45, 7) is -0.439. The van der Waals surface area contributed by atoms with Crippen molar-refractivity contribution < 1.29 is 17.6 Å². The van der Waals surface area contributed by atoms with E-state index in [0.717, 1.165) is 30.0 Å². The number of carbonyl (C=O) groups is 1. The fraction of sp³-hybridized carbons (Fsp3) is 0.350. The van der Waals surface area contributed by atoms with E-state index in [1.165, 1.54) is 30.3 Å². The Morgan fingerprint density at radius 2 is 1.63 bits per heavy atom. The Labute approximate surface area is 159 Å². The van der Waals surface area contributed by atoms with Crippen LogP contribution in [0.2, 0.25) is 0 Å². The smallest absolute Gasteiger partial charge is 0.264 e. The van der Waals surface area contributed by atoms with E-state index in [0.29, 0.717) is 0 Å². The summed E-state index contributed by atoms with van der Waals surface area (Å²) in [7, 11) is -2.40. The lowest BCUT2D eigenvalue weighted by molar-refractivity contribution is -0.130. The highest BCUT2D eigenvalue weighted by molar-refractivity contribution is 7.92. The Kier molecular flexibility index (Phi) is 5.79. The fourth-order valence-corrected chi connectivity index (χ4v) is 4.85. The molecule has 1 aliphatic carbocycles. The van der Waals surface area contributed by atoms with Gasteiger partial charge in [0.1, 0.15) is 12.4 Å². The van der Waals surface area contributed by atoms with Crippen LogP contribution in [0.4, 0.5) is 10.1 Å². The Hall–Kier alpha value is -2.41. The minimum atomic E-state index is -4.08. The minimum Gasteiger partial charge on any atom is -0.341 e. The summed E-state index contributed by atoms with van der Waals surface area (Å²) < 4.78 is 41.6. The third-order valence-corrected chi connectivity index (χ3v) is 6.77. The van der Waals surface area contributed by atoms with Crippen molar-refractivity contribution >= 4 is 21.6 Å². The average Bonchev–Trinajstić information content (AvgIpc) is 3.21. The summed E-state index contributed by atoms with van der Waals surface area (Å²) in [5.41, 5.74) is -0.130. The van der Waals surface area contributed by atoms with Gasteiger partial charge in [-0.25, -0.2) is 12.8 Å². The van der Waals surface area contributed by atoms with Gasteiger partial charge < -0.3 is 4.90 Å². The zero-order valence-corrected chi connectivity index (χ0v) is 16.0. The summed E-state index contributed by atoms with van der Waals surface area (Å²) in [4.78, 5) is 14.4. The molecule has 0 heterocycles. The normalized spacial score (nSPS) is 14.9. The molecule has 2 aromatic carbocycles. The zero-order chi connectivity index (χ0) is 19.4. The van der Waals surface area contributed by atoms with Crippen LogP contribution in [0.5, 0.6) is 0 Å². The van der Waals surface area contributed by atoms with Crippen LogP contribution in [-0.4, -0.2) is 38.9 Å². The number of para-hydroxylation sites is 1. The number of likely N-dealkylation sites (N-methyl/N-ethyl adjacent to an activating group) is 1. The largest absolute Gasteiger partial charge is 0.341 e. The Balaban J connectivity index is 1.96. The molecule has 144 valence electrons. The van der Waals surface area contributed by atoms with Gasteiger partial charge in [-0.1, -0.05) is 43.2 Å². The number of nitrogens with zero attached hydrogens (tertiary/aromatic N) is 2. The predicted octanol–water partition coefficient (Wildman–Crippen LogP) is 3.42. The monoisotopic (exact) mass is 390 g/mol. The summed E-state index contributed by atoms with van der Waals surface area (Å²) in [5.74, 6) is -1.03. The molecule has 1 fully saturated rings.